The SMILES string of the molecule is Cc1ccc(NC(=O)c2ccc(-c3nc4cccnc4n3C3CCCCC3)cc2)cc1F. The first-order valence-corrected chi connectivity index (χ1v) is 11.1. The number of imidazole rings is 1. The summed E-state index contributed by atoms with van der Waals surface area (Å²) in [7, 11) is 0. The van der Waals surface area contributed by atoms with Crippen molar-refractivity contribution in [1.82, 2.24) is 14.5 Å². The van der Waals surface area contributed by atoms with E-state index in [1.165, 1.54) is 25.3 Å². The molecule has 1 aliphatic carbocycles. The van der Waals surface area contributed by atoms with Gasteiger partial charge in [-0.25, -0.2) is 14.4 Å². The zero-order chi connectivity index (χ0) is 22.1. The van der Waals surface area contributed by atoms with E-state index in [-0.39, 0.29) is 11.7 Å². The molecular formula is C26H25FN4O. The molecule has 5 rings (SSSR count). The molecule has 6 heteroatoms. The third-order valence-corrected chi connectivity index (χ3v) is 6.22. The number of hydrogen-bond donors (Lipinski definition) is 1. The number of halogens is 1. The van der Waals surface area contributed by atoms with Crippen molar-refractivity contribution in [3.05, 3.63) is 77.7 Å². The minimum atomic E-state index is -0.339. The summed E-state index contributed by atoms with van der Waals surface area (Å²) < 4.78 is 16.1. The predicted octanol–water partition coefficient (Wildman–Crippen LogP) is 6.30. The van der Waals surface area contributed by atoms with Crippen LogP contribution in [-0.4, -0.2) is 20.4 Å². The Hall–Kier alpha value is -3.54. The molecule has 0 spiro atoms. The number of aromatic nitrogens is 3. The topological polar surface area (TPSA) is 59.8 Å². The van der Waals surface area contributed by atoms with Gasteiger partial charge in [-0.05, 0) is 61.7 Å². The van der Waals surface area contributed by atoms with Crippen LogP contribution < -0.4 is 5.32 Å². The molecule has 2 heterocycles. The molecule has 4 aromatic rings. The van der Waals surface area contributed by atoms with Gasteiger partial charge in [-0.1, -0.05) is 37.5 Å². The monoisotopic (exact) mass is 428 g/mol. The summed E-state index contributed by atoms with van der Waals surface area (Å²) in [6.07, 6.45) is 7.78. The van der Waals surface area contributed by atoms with Gasteiger partial charge in [0.1, 0.15) is 17.2 Å². The molecule has 1 amide bonds. The molecule has 0 bridgehead atoms. The van der Waals surface area contributed by atoms with Crippen molar-refractivity contribution in [3.8, 4) is 11.4 Å². The highest BCUT2D eigenvalue weighted by Gasteiger charge is 2.23. The van der Waals surface area contributed by atoms with Gasteiger partial charge in [-0.2, -0.15) is 0 Å². The number of benzene rings is 2. The van der Waals surface area contributed by atoms with Gasteiger partial charge >= 0.3 is 0 Å². The molecule has 2 aromatic heterocycles. The minimum Gasteiger partial charge on any atom is -0.322 e. The third kappa shape index (κ3) is 3.88. The molecule has 0 atom stereocenters. The minimum absolute atomic E-state index is 0.276. The quantitative estimate of drug-likeness (QED) is 0.415. The molecular weight excluding hydrogens is 403 g/mol. The lowest BCUT2D eigenvalue weighted by atomic mass is 9.95. The molecule has 162 valence electrons. The van der Waals surface area contributed by atoms with Crippen LogP contribution in [0.4, 0.5) is 10.1 Å². The molecule has 0 saturated heterocycles. The van der Waals surface area contributed by atoms with Gasteiger partial charge in [0.05, 0.1) is 0 Å². The number of amides is 1. The lowest BCUT2D eigenvalue weighted by Gasteiger charge is -2.25. The van der Waals surface area contributed by atoms with Crippen LogP contribution in [0.3, 0.4) is 0 Å². The smallest absolute Gasteiger partial charge is 0.255 e. The van der Waals surface area contributed by atoms with Crippen molar-refractivity contribution in [1.29, 1.82) is 0 Å². The van der Waals surface area contributed by atoms with Crippen LogP contribution in [-0.2, 0) is 0 Å². The zero-order valence-electron chi connectivity index (χ0n) is 18.0. The average Bonchev–Trinajstić information content (AvgIpc) is 3.22. The highest BCUT2D eigenvalue weighted by atomic mass is 19.1. The Morgan fingerprint density at radius 3 is 2.59 bits per heavy atom. The van der Waals surface area contributed by atoms with Crippen molar-refractivity contribution in [2.24, 2.45) is 0 Å². The van der Waals surface area contributed by atoms with Crippen molar-refractivity contribution in [3.63, 3.8) is 0 Å². The van der Waals surface area contributed by atoms with E-state index in [9.17, 15) is 9.18 Å². The zero-order valence-corrected chi connectivity index (χ0v) is 18.0. The first kappa shape index (κ1) is 20.4. The molecule has 2 aromatic carbocycles. The van der Waals surface area contributed by atoms with E-state index >= 15 is 0 Å². The molecule has 1 fully saturated rings. The van der Waals surface area contributed by atoms with Crippen molar-refractivity contribution in [2.75, 3.05) is 5.32 Å². The molecule has 0 radical (unpaired) electrons. The number of carbonyl (C=O) groups excluding carboxylic acids is 1. The highest BCUT2D eigenvalue weighted by molar-refractivity contribution is 6.04. The van der Waals surface area contributed by atoms with Gasteiger partial charge < -0.3 is 9.88 Å². The number of carbonyl (C=O) groups is 1. The summed E-state index contributed by atoms with van der Waals surface area (Å²) in [5, 5.41) is 2.76. The Bertz CT molecular complexity index is 1270. The number of nitrogens with zero attached hydrogens (tertiary/aromatic N) is 3. The van der Waals surface area contributed by atoms with Gasteiger partial charge in [-0.15, -0.1) is 0 Å². The van der Waals surface area contributed by atoms with Crippen LogP contribution in [0.5, 0.6) is 0 Å². The number of nitrogens with one attached hydrogen (secondary N) is 1. The van der Waals surface area contributed by atoms with Crippen LogP contribution in [0, 0.1) is 12.7 Å². The second-order valence-corrected chi connectivity index (χ2v) is 8.44. The summed E-state index contributed by atoms with van der Waals surface area (Å²) in [4.78, 5) is 22.1. The maximum atomic E-state index is 13.8. The Balaban J connectivity index is 1.44. The molecule has 32 heavy (non-hydrogen) atoms. The number of aryl methyl sites for hydroxylation is 1. The molecule has 1 aliphatic rings. The molecule has 5 nitrogen and oxygen atoms in total. The summed E-state index contributed by atoms with van der Waals surface area (Å²) >= 11 is 0. The fourth-order valence-electron chi connectivity index (χ4n) is 4.46. The van der Waals surface area contributed by atoms with E-state index in [1.54, 1.807) is 31.2 Å². The predicted molar refractivity (Wildman–Crippen MR) is 124 cm³/mol. The Morgan fingerprint density at radius 2 is 1.84 bits per heavy atom. The summed E-state index contributed by atoms with van der Waals surface area (Å²) in [5.74, 6) is 0.272. The molecule has 1 N–H and O–H groups in total. The molecule has 0 unspecified atom stereocenters. The summed E-state index contributed by atoms with van der Waals surface area (Å²) in [5.41, 5.74) is 4.24. The van der Waals surface area contributed by atoms with Crippen molar-refractivity contribution in [2.45, 2.75) is 45.1 Å². The van der Waals surface area contributed by atoms with E-state index in [4.69, 9.17) is 4.98 Å². The third-order valence-electron chi connectivity index (χ3n) is 6.22. The Labute approximate surface area is 186 Å². The largest absolute Gasteiger partial charge is 0.322 e. The van der Waals surface area contributed by atoms with Crippen LogP contribution in [0.1, 0.15) is 54.1 Å². The number of fused-ring (bicyclic) bond motifs is 1. The molecule has 1 saturated carbocycles. The second-order valence-electron chi connectivity index (χ2n) is 8.44. The number of pyridine rings is 1. The van der Waals surface area contributed by atoms with Crippen molar-refractivity contribution < 1.29 is 9.18 Å². The lowest BCUT2D eigenvalue weighted by molar-refractivity contribution is 0.102. The fourth-order valence-corrected chi connectivity index (χ4v) is 4.46. The van der Waals surface area contributed by atoms with Gasteiger partial charge in [0.2, 0.25) is 0 Å². The van der Waals surface area contributed by atoms with E-state index < -0.39 is 0 Å². The Kier molecular flexibility index (Phi) is 5.43. The first-order valence-electron chi connectivity index (χ1n) is 11.1. The maximum Gasteiger partial charge on any atom is 0.255 e. The number of anilines is 1. The normalized spacial score (nSPS) is 14.6. The average molecular weight is 429 g/mol. The second kappa shape index (κ2) is 8.54. The van der Waals surface area contributed by atoms with E-state index in [0.717, 1.165) is 35.4 Å². The standard InChI is InChI=1S/C26H25FN4O/c1-17-9-14-20(16-22(17)27)29-26(32)19-12-10-18(11-13-19)24-30-23-8-5-15-28-25(23)31(24)21-6-3-2-4-7-21/h5,8-16,21H,2-4,6-7H2,1H3,(H,29,32). The Morgan fingerprint density at radius 1 is 1.06 bits per heavy atom. The van der Waals surface area contributed by atoms with E-state index in [0.29, 0.717) is 22.9 Å². The fraction of sp³-hybridized carbons (Fsp3) is 0.269. The van der Waals surface area contributed by atoms with Gasteiger partial charge in [0, 0.05) is 29.1 Å². The van der Waals surface area contributed by atoms with Crippen LogP contribution in [0.15, 0.2) is 60.8 Å². The van der Waals surface area contributed by atoms with Gasteiger partial charge in [-0.3, -0.25) is 4.79 Å². The number of rotatable bonds is 4. The summed E-state index contributed by atoms with van der Waals surface area (Å²) in [6, 6.07) is 16.4. The number of hydrogen-bond acceptors (Lipinski definition) is 3. The van der Waals surface area contributed by atoms with Gasteiger partial charge in [0.15, 0.2) is 5.65 Å². The van der Waals surface area contributed by atoms with Crippen LogP contribution >= 0.6 is 0 Å². The first-order chi connectivity index (χ1) is 15.6. The van der Waals surface area contributed by atoms with Gasteiger partial charge in [0.25, 0.3) is 5.91 Å². The van der Waals surface area contributed by atoms with E-state index in [2.05, 4.69) is 14.9 Å². The highest BCUT2D eigenvalue weighted by Crippen LogP contribution is 2.35. The van der Waals surface area contributed by atoms with Crippen LogP contribution in [0.25, 0.3) is 22.6 Å². The maximum absolute atomic E-state index is 13.8. The van der Waals surface area contributed by atoms with Crippen molar-refractivity contribution >= 4 is 22.8 Å². The van der Waals surface area contributed by atoms with Crippen LogP contribution in [0.2, 0.25) is 0 Å². The lowest BCUT2D eigenvalue weighted by Crippen LogP contribution is -2.14. The summed E-state index contributed by atoms with van der Waals surface area (Å²) in [6.45, 7) is 1.69. The molecule has 0 aliphatic heterocycles. The van der Waals surface area contributed by atoms with E-state index in [1.807, 2.05) is 30.5 Å².